The van der Waals surface area contributed by atoms with E-state index in [1.165, 1.54) is 0 Å². The number of aryl methyl sites for hydroxylation is 2. The highest BCUT2D eigenvalue weighted by atomic mass is 16.5. The van der Waals surface area contributed by atoms with Gasteiger partial charge in [0.05, 0.1) is 26.3 Å². The Morgan fingerprint density at radius 2 is 1.90 bits per heavy atom. The molecular weight excluding hydrogens is 382 g/mol. The Hall–Kier alpha value is -3.06. The van der Waals surface area contributed by atoms with Crippen LogP contribution >= 0.6 is 0 Å². The second-order valence-electron chi connectivity index (χ2n) is 7.71. The molecule has 160 valence electrons. The Bertz CT molecular complexity index is 929. The molecule has 3 rings (SSSR count). The third-order valence-electron chi connectivity index (χ3n) is 5.57. The first-order chi connectivity index (χ1) is 14.4. The maximum Gasteiger partial charge on any atom is 0.326 e. The van der Waals surface area contributed by atoms with E-state index in [1.54, 1.807) is 14.2 Å². The summed E-state index contributed by atoms with van der Waals surface area (Å²) in [7, 11) is 3.27. The summed E-state index contributed by atoms with van der Waals surface area (Å²) in [5.41, 5.74) is 3.79. The molecular formula is C23H30N3O4+. The molecule has 1 unspecified atom stereocenters. The lowest BCUT2D eigenvalue weighted by molar-refractivity contribution is -0.910. The minimum absolute atomic E-state index is 0.114. The highest BCUT2D eigenvalue weighted by Crippen LogP contribution is 2.31. The molecule has 7 nitrogen and oxygen atoms in total. The van der Waals surface area contributed by atoms with Crippen molar-refractivity contribution in [1.29, 1.82) is 0 Å². The number of hydrogen-bond acceptors (Lipinski definition) is 4. The van der Waals surface area contributed by atoms with Gasteiger partial charge in [0.25, 0.3) is 5.91 Å². The lowest BCUT2D eigenvalue weighted by Crippen LogP contribution is -3.11. The molecule has 0 radical (unpaired) electrons. The fourth-order valence-corrected chi connectivity index (χ4v) is 4.09. The van der Waals surface area contributed by atoms with Gasteiger partial charge in [-0.3, -0.25) is 10.1 Å². The molecule has 1 saturated heterocycles. The van der Waals surface area contributed by atoms with E-state index in [0.717, 1.165) is 52.5 Å². The predicted molar refractivity (Wildman–Crippen MR) is 115 cm³/mol. The smallest absolute Gasteiger partial charge is 0.326 e. The Kier molecular flexibility index (Phi) is 6.95. The Morgan fingerprint density at radius 1 is 1.10 bits per heavy atom. The number of anilines is 1. The van der Waals surface area contributed by atoms with Gasteiger partial charge in [-0.15, -0.1) is 0 Å². The summed E-state index contributed by atoms with van der Waals surface area (Å²) < 4.78 is 10.9. The molecule has 2 aromatic carbocycles. The van der Waals surface area contributed by atoms with Gasteiger partial charge in [-0.2, -0.15) is 0 Å². The lowest BCUT2D eigenvalue weighted by Gasteiger charge is -2.23. The molecule has 2 aromatic rings. The zero-order valence-corrected chi connectivity index (χ0v) is 18.0. The topological polar surface area (TPSA) is 81.1 Å². The van der Waals surface area contributed by atoms with Crippen molar-refractivity contribution in [1.82, 2.24) is 5.32 Å². The van der Waals surface area contributed by atoms with Crippen molar-refractivity contribution in [3.05, 3.63) is 53.1 Å². The quantitative estimate of drug-likeness (QED) is 0.681. The molecule has 0 aromatic heterocycles. The van der Waals surface area contributed by atoms with Crippen LogP contribution in [0.1, 0.15) is 35.6 Å². The van der Waals surface area contributed by atoms with Crippen LogP contribution in [0.2, 0.25) is 0 Å². The van der Waals surface area contributed by atoms with Crippen LogP contribution in [0, 0.1) is 13.8 Å². The second-order valence-corrected chi connectivity index (χ2v) is 7.71. The van der Waals surface area contributed by atoms with Crippen molar-refractivity contribution in [2.24, 2.45) is 0 Å². The van der Waals surface area contributed by atoms with Gasteiger partial charge in [-0.25, -0.2) is 4.79 Å². The van der Waals surface area contributed by atoms with Gasteiger partial charge in [-0.1, -0.05) is 17.7 Å². The standard InChI is InChI=1S/C23H29N3O4/c1-15-7-9-19(16(2)12-15)24-23(28)25-22(27)14-26-11-5-6-20(26)18-13-17(29-3)8-10-21(18)30-4/h7-10,12-13,20H,5-6,11,14H2,1-4H3,(H2,24,25,27,28)/p+1/t20-/m0/s1. The van der Waals surface area contributed by atoms with Crippen molar-refractivity contribution in [3.63, 3.8) is 0 Å². The first kappa shape index (κ1) is 21.6. The van der Waals surface area contributed by atoms with Crippen LogP contribution < -0.4 is 25.0 Å². The molecule has 1 aliphatic rings. The average Bonchev–Trinajstić information content (AvgIpc) is 3.17. The van der Waals surface area contributed by atoms with E-state index in [9.17, 15) is 9.59 Å². The number of quaternary nitrogens is 1. The monoisotopic (exact) mass is 412 g/mol. The largest absolute Gasteiger partial charge is 0.497 e. The van der Waals surface area contributed by atoms with E-state index in [2.05, 4.69) is 10.6 Å². The normalized spacial score (nSPS) is 18.0. The summed E-state index contributed by atoms with van der Waals surface area (Å²) in [5.74, 6) is 1.24. The summed E-state index contributed by atoms with van der Waals surface area (Å²) in [5, 5.41) is 5.21. The van der Waals surface area contributed by atoms with Crippen LogP contribution in [0.15, 0.2) is 36.4 Å². The van der Waals surface area contributed by atoms with Gasteiger partial charge < -0.3 is 19.7 Å². The highest BCUT2D eigenvalue weighted by molar-refractivity contribution is 6.01. The number of carbonyl (C=O) groups is 2. The van der Waals surface area contributed by atoms with Gasteiger partial charge in [0, 0.05) is 18.5 Å². The second kappa shape index (κ2) is 9.63. The number of nitrogens with one attached hydrogen (secondary N) is 3. The summed E-state index contributed by atoms with van der Waals surface area (Å²) in [6.45, 7) is 4.99. The maximum absolute atomic E-state index is 12.5. The number of methoxy groups -OCH3 is 2. The molecule has 3 amide bonds. The molecule has 2 atom stereocenters. The number of rotatable bonds is 6. The van der Waals surface area contributed by atoms with Crippen LogP contribution in [0.5, 0.6) is 11.5 Å². The molecule has 1 heterocycles. The van der Waals surface area contributed by atoms with Crippen LogP contribution in [0.4, 0.5) is 10.5 Å². The SMILES string of the molecule is COc1ccc(OC)c([C@@H]2CCC[NH+]2CC(=O)NC(=O)Nc2ccc(C)cc2C)c1. The van der Waals surface area contributed by atoms with Crippen molar-refractivity contribution >= 4 is 17.6 Å². The number of carbonyl (C=O) groups excluding carboxylic acids is 2. The van der Waals surface area contributed by atoms with Gasteiger partial charge in [0.2, 0.25) is 0 Å². The van der Waals surface area contributed by atoms with E-state index in [1.807, 2.05) is 50.2 Å². The van der Waals surface area contributed by atoms with Crippen LogP contribution in [0.3, 0.4) is 0 Å². The van der Waals surface area contributed by atoms with E-state index in [0.29, 0.717) is 5.69 Å². The van der Waals surface area contributed by atoms with Gasteiger partial charge in [0.1, 0.15) is 17.5 Å². The molecule has 1 aliphatic heterocycles. The molecule has 0 spiro atoms. The van der Waals surface area contributed by atoms with Crippen LogP contribution in [-0.4, -0.2) is 39.2 Å². The Morgan fingerprint density at radius 3 is 2.60 bits per heavy atom. The molecule has 7 heteroatoms. The van der Waals surface area contributed by atoms with Gasteiger partial charge in [-0.05, 0) is 43.7 Å². The highest BCUT2D eigenvalue weighted by Gasteiger charge is 2.34. The minimum atomic E-state index is -0.513. The average molecular weight is 413 g/mol. The zero-order chi connectivity index (χ0) is 21.7. The van der Waals surface area contributed by atoms with Crippen LogP contribution in [-0.2, 0) is 4.79 Å². The zero-order valence-electron chi connectivity index (χ0n) is 18.0. The number of likely N-dealkylation sites (tertiary alicyclic amines) is 1. The van der Waals surface area contributed by atoms with Crippen molar-refractivity contribution in [2.45, 2.75) is 32.7 Å². The van der Waals surface area contributed by atoms with Crippen molar-refractivity contribution in [3.8, 4) is 11.5 Å². The Labute approximate surface area is 177 Å². The molecule has 3 N–H and O–H groups in total. The molecule has 0 saturated carbocycles. The van der Waals surface area contributed by atoms with Crippen LogP contribution in [0.25, 0.3) is 0 Å². The predicted octanol–water partition coefficient (Wildman–Crippen LogP) is 2.39. The number of hydrogen-bond donors (Lipinski definition) is 3. The lowest BCUT2D eigenvalue weighted by atomic mass is 10.0. The summed E-state index contributed by atoms with van der Waals surface area (Å²) in [6, 6.07) is 11.1. The van der Waals surface area contributed by atoms with E-state index in [4.69, 9.17) is 9.47 Å². The molecule has 30 heavy (non-hydrogen) atoms. The number of benzene rings is 2. The fraction of sp³-hybridized carbons (Fsp3) is 0.391. The molecule has 1 fully saturated rings. The van der Waals surface area contributed by atoms with Gasteiger partial charge in [0.15, 0.2) is 6.54 Å². The minimum Gasteiger partial charge on any atom is -0.497 e. The molecule has 0 aliphatic carbocycles. The van der Waals surface area contributed by atoms with Gasteiger partial charge >= 0.3 is 6.03 Å². The first-order valence-corrected chi connectivity index (χ1v) is 10.2. The third kappa shape index (κ3) is 5.10. The Balaban J connectivity index is 1.64. The van der Waals surface area contributed by atoms with E-state index >= 15 is 0 Å². The maximum atomic E-state index is 12.5. The summed E-state index contributed by atoms with van der Waals surface area (Å²) in [6.07, 6.45) is 1.95. The number of imide groups is 1. The summed E-state index contributed by atoms with van der Waals surface area (Å²) in [4.78, 5) is 25.9. The van der Waals surface area contributed by atoms with Crippen molar-refractivity contribution < 1.29 is 24.0 Å². The number of ether oxygens (including phenoxy) is 2. The summed E-state index contributed by atoms with van der Waals surface area (Å²) >= 11 is 0. The number of amides is 3. The third-order valence-corrected chi connectivity index (χ3v) is 5.57. The van der Waals surface area contributed by atoms with Crippen molar-refractivity contribution in [2.75, 3.05) is 32.6 Å². The molecule has 0 bridgehead atoms. The first-order valence-electron chi connectivity index (χ1n) is 10.2. The van der Waals surface area contributed by atoms with E-state index < -0.39 is 6.03 Å². The van der Waals surface area contributed by atoms with E-state index in [-0.39, 0.29) is 18.5 Å². The number of urea groups is 1. The fourth-order valence-electron chi connectivity index (χ4n) is 4.09.